The van der Waals surface area contributed by atoms with E-state index in [0.717, 1.165) is 33.0 Å². The lowest BCUT2D eigenvalue weighted by atomic mass is 10.0. The molecule has 0 unspecified atom stereocenters. The molecule has 2 aliphatic heterocycles. The number of cyclic esters (lactones) is 2. The first-order valence-electron chi connectivity index (χ1n) is 11.3. The fraction of sp³-hybridized carbons (Fsp3) is 0. The third-order valence-electron chi connectivity index (χ3n) is 5.78. The summed E-state index contributed by atoms with van der Waals surface area (Å²) in [6.45, 7) is 0. The van der Waals surface area contributed by atoms with E-state index in [9.17, 15) is 9.59 Å². The van der Waals surface area contributed by atoms with Gasteiger partial charge in [-0.05, 0) is 70.4 Å². The number of esters is 2. The topological polar surface area (TPSA) is 77.3 Å². The van der Waals surface area contributed by atoms with Crippen LogP contribution in [0.1, 0.15) is 22.3 Å². The van der Waals surface area contributed by atoms with Crippen molar-refractivity contribution < 1.29 is 19.1 Å². The molecule has 36 heavy (non-hydrogen) atoms. The van der Waals surface area contributed by atoms with E-state index in [-0.39, 0.29) is 11.4 Å². The van der Waals surface area contributed by atoms with E-state index in [4.69, 9.17) is 9.47 Å². The second-order valence-corrected chi connectivity index (χ2v) is 8.27. The Morgan fingerprint density at radius 2 is 0.944 bits per heavy atom. The first-order valence-corrected chi connectivity index (χ1v) is 11.3. The van der Waals surface area contributed by atoms with Gasteiger partial charge >= 0.3 is 11.9 Å². The minimum Gasteiger partial charge on any atom is -0.402 e. The van der Waals surface area contributed by atoms with Gasteiger partial charge < -0.3 is 9.47 Å². The fourth-order valence-corrected chi connectivity index (χ4v) is 4.00. The zero-order chi connectivity index (χ0) is 24.5. The van der Waals surface area contributed by atoms with Gasteiger partial charge in [-0.3, -0.25) is 0 Å². The maximum absolute atomic E-state index is 12.3. The summed E-state index contributed by atoms with van der Waals surface area (Å²) >= 11 is 0. The van der Waals surface area contributed by atoms with Crippen molar-refractivity contribution in [3.63, 3.8) is 0 Å². The molecule has 0 aliphatic carbocycles. The minimum atomic E-state index is -0.477. The number of carbonyl (C=O) groups excluding carboxylic acids is 2. The molecule has 0 spiro atoms. The Morgan fingerprint density at radius 3 is 1.36 bits per heavy atom. The SMILES string of the molecule is O=C1OC(c2ccccc2)=N/C1=C/c1ccc2cc(/C=C3/N=C(c4ccccc4)OC3=O)ccc2c1. The molecular weight excluding hydrogens is 452 g/mol. The molecule has 0 atom stereocenters. The van der Waals surface area contributed by atoms with E-state index >= 15 is 0 Å². The van der Waals surface area contributed by atoms with Crippen LogP contribution in [0.25, 0.3) is 22.9 Å². The Balaban J connectivity index is 1.27. The van der Waals surface area contributed by atoms with E-state index in [1.165, 1.54) is 0 Å². The summed E-state index contributed by atoms with van der Waals surface area (Å²) in [5, 5.41) is 1.96. The van der Waals surface area contributed by atoms with Gasteiger partial charge in [0.25, 0.3) is 0 Å². The van der Waals surface area contributed by atoms with Crippen LogP contribution in [0.2, 0.25) is 0 Å². The molecule has 2 aliphatic rings. The van der Waals surface area contributed by atoms with Crippen LogP contribution in [0.5, 0.6) is 0 Å². The zero-order valence-corrected chi connectivity index (χ0v) is 18.9. The predicted octanol–water partition coefficient (Wildman–Crippen LogP) is 5.53. The smallest absolute Gasteiger partial charge is 0.363 e. The van der Waals surface area contributed by atoms with E-state index in [1.807, 2.05) is 97.1 Å². The van der Waals surface area contributed by atoms with E-state index in [0.29, 0.717) is 11.8 Å². The summed E-state index contributed by atoms with van der Waals surface area (Å²) < 4.78 is 10.7. The zero-order valence-electron chi connectivity index (χ0n) is 18.9. The number of carbonyl (C=O) groups is 2. The van der Waals surface area contributed by atoms with Gasteiger partial charge in [0.15, 0.2) is 11.4 Å². The molecule has 4 aromatic carbocycles. The van der Waals surface area contributed by atoms with Gasteiger partial charge in [0.2, 0.25) is 11.8 Å². The highest BCUT2D eigenvalue weighted by Crippen LogP contribution is 2.25. The van der Waals surface area contributed by atoms with Crippen molar-refractivity contribution >= 4 is 46.7 Å². The van der Waals surface area contributed by atoms with Gasteiger partial charge in [0, 0.05) is 11.1 Å². The molecular formula is C30H18N2O4. The highest BCUT2D eigenvalue weighted by Gasteiger charge is 2.25. The van der Waals surface area contributed by atoms with Crippen LogP contribution in [-0.2, 0) is 19.1 Å². The second kappa shape index (κ2) is 8.92. The van der Waals surface area contributed by atoms with E-state index in [2.05, 4.69) is 9.98 Å². The van der Waals surface area contributed by atoms with E-state index < -0.39 is 11.9 Å². The third kappa shape index (κ3) is 4.23. The van der Waals surface area contributed by atoms with Crippen molar-refractivity contribution in [1.29, 1.82) is 0 Å². The summed E-state index contributed by atoms with van der Waals surface area (Å²) in [7, 11) is 0. The molecule has 0 fully saturated rings. The summed E-state index contributed by atoms with van der Waals surface area (Å²) in [5.74, 6) is -0.354. The maximum atomic E-state index is 12.3. The highest BCUT2D eigenvalue weighted by molar-refractivity contribution is 6.13. The molecule has 0 aromatic heterocycles. The van der Waals surface area contributed by atoms with Crippen molar-refractivity contribution in [3.8, 4) is 0 Å². The molecule has 0 amide bonds. The number of nitrogens with zero attached hydrogens (tertiary/aromatic N) is 2. The normalized spacial score (nSPS) is 17.3. The van der Waals surface area contributed by atoms with Crippen molar-refractivity contribution in [2.75, 3.05) is 0 Å². The Bertz CT molecular complexity index is 1520. The summed E-state index contributed by atoms with van der Waals surface area (Å²) in [4.78, 5) is 33.4. The molecule has 172 valence electrons. The van der Waals surface area contributed by atoms with Gasteiger partial charge in [-0.2, -0.15) is 0 Å². The molecule has 0 saturated heterocycles. The Kier molecular flexibility index (Phi) is 5.31. The third-order valence-corrected chi connectivity index (χ3v) is 5.78. The highest BCUT2D eigenvalue weighted by atomic mass is 16.6. The molecule has 4 aromatic rings. The number of fused-ring (bicyclic) bond motifs is 1. The van der Waals surface area contributed by atoms with Crippen LogP contribution in [0, 0.1) is 0 Å². The number of benzene rings is 4. The Labute approximate surface area is 206 Å². The van der Waals surface area contributed by atoms with Crippen molar-refractivity contribution in [2.45, 2.75) is 0 Å². The number of aliphatic imine (C=N–C) groups is 2. The standard InChI is InChI=1S/C30H18N2O4/c33-29-25(31-27(35-29)21-7-3-1-4-8-21)17-19-11-13-24-16-20(12-14-23(24)15-19)18-26-30(34)36-28(32-26)22-9-5-2-6-10-22/h1-18H/b25-17+,26-18+. The van der Waals surface area contributed by atoms with Crippen LogP contribution < -0.4 is 0 Å². The second-order valence-electron chi connectivity index (χ2n) is 8.27. The number of rotatable bonds is 4. The minimum absolute atomic E-state index is 0.251. The molecule has 6 heteroatoms. The molecule has 6 nitrogen and oxygen atoms in total. The van der Waals surface area contributed by atoms with Gasteiger partial charge in [-0.1, -0.05) is 60.7 Å². The average Bonchev–Trinajstić information content (AvgIpc) is 3.47. The Morgan fingerprint density at radius 1 is 0.528 bits per heavy atom. The average molecular weight is 470 g/mol. The predicted molar refractivity (Wildman–Crippen MR) is 138 cm³/mol. The first kappa shape index (κ1) is 21.4. The molecule has 0 radical (unpaired) electrons. The van der Waals surface area contributed by atoms with Crippen LogP contribution in [0.4, 0.5) is 0 Å². The van der Waals surface area contributed by atoms with Crippen LogP contribution in [0.15, 0.2) is 118 Å². The van der Waals surface area contributed by atoms with Gasteiger partial charge in [0.05, 0.1) is 0 Å². The monoisotopic (exact) mass is 470 g/mol. The summed E-state index contributed by atoms with van der Waals surface area (Å²) in [5.41, 5.74) is 3.66. The van der Waals surface area contributed by atoms with Crippen molar-refractivity contribution in [3.05, 3.63) is 131 Å². The lowest BCUT2D eigenvalue weighted by Crippen LogP contribution is -2.04. The van der Waals surface area contributed by atoms with Gasteiger partial charge in [0.1, 0.15) is 0 Å². The maximum Gasteiger partial charge on any atom is 0.363 e. The largest absolute Gasteiger partial charge is 0.402 e. The number of hydrogen-bond acceptors (Lipinski definition) is 6. The van der Waals surface area contributed by atoms with Crippen molar-refractivity contribution in [1.82, 2.24) is 0 Å². The van der Waals surface area contributed by atoms with Crippen LogP contribution >= 0.6 is 0 Å². The molecule has 2 heterocycles. The van der Waals surface area contributed by atoms with Gasteiger partial charge in [-0.15, -0.1) is 0 Å². The first-order chi connectivity index (χ1) is 17.6. The van der Waals surface area contributed by atoms with Crippen LogP contribution in [-0.4, -0.2) is 23.7 Å². The molecule has 0 N–H and O–H groups in total. The van der Waals surface area contributed by atoms with Crippen LogP contribution in [0.3, 0.4) is 0 Å². The summed E-state index contributed by atoms with van der Waals surface area (Å²) in [6, 6.07) is 30.3. The van der Waals surface area contributed by atoms with E-state index in [1.54, 1.807) is 12.2 Å². The fourth-order valence-electron chi connectivity index (χ4n) is 4.00. The molecule has 0 saturated carbocycles. The number of hydrogen-bond donors (Lipinski definition) is 0. The molecule has 0 bridgehead atoms. The summed E-state index contributed by atoms with van der Waals surface area (Å²) in [6.07, 6.45) is 3.42. The lowest BCUT2D eigenvalue weighted by molar-refractivity contribution is -0.130. The Hall–Kier alpha value is -5.10. The van der Waals surface area contributed by atoms with Crippen molar-refractivity contribution in [2.24, 2.45) is 9.98 Å². The molecule has 6 rings (SSSR count). The quantitative estimate of drug-likeness (QED) is 0.290. The van der Waals surface area contributed by atoms with Gasteiger partial charge in [-0.25, -0.2) is 19.6 Å². The number of ether oxygens (including phenoxy) is 2. The lowest BCUT2D eigenvalue weighted by Gasteiger charge is -2.02.